The molecular weight excluding hydrogens is 367 g/mol. The summed E-state index contributed by atoms with van der Waals surface area (Å²) < 4.78 is 21.7. The van der Waals surface area contributed by atoms with E-state index in [2.05, 4.69) is 31.3 Å². The molecule has 0 aliphatic carbocycles. The summed E-state index contributed by atoms with van der Waals surface area (Å²) in [5.74, 6) is -0.501. The summed E-state index contributed by atoms with van der Waals surface area (Å²) in [6.07, 6.45) is 1.35. The van der Waals surface area contributed by atoms with Gasteiger partial charge >= 0.3 is 5.97 Å². The van der Waals surface area contributed by atoms with Crippen molar-refractivity contribution >= 4 is 27.8 Å². The van der Waals surface area contributed by atoms with Crippen molar-refractivity contribution in [3.8, 4) is 0 Å². The number of aromatic nitrogens is 3. The maximum atomic E-state index is 14.4. The van der Waals surface area contributed by atoms with E-state index in [1.807, 2.05) is 0 Å². The Morgan fingerprint density at radius 3 is 3.04 bits per heavy atom. The standard InChI is InChI=1S/C15H14BrFN4O2/c1-3-23-14(22)12-8(2)20-15-18-7-19-21(15)13(12)10-6-9(16)4-5-11(10)17/h4-7,13H,3H2,1-2H3,(H,18,19,20)/t13-/m0/s1. The van der Waals surface area contributed by atoms with Gasteiger partial charge in [-0.15, -0.1) is 0 Å². The third-order valence-electron chi connectivity index (χ3n) is 3.54. The highest BCUT2D eigenvalue weighted by Crippen LogP contribution is 2.37. The monoisotopic (exact) mass is 380 g/mol. The fourth-order valence-electron chi connectivity index (χ4n) is 2.58. The lowest BCUT2D eigenvalue weighted by Gasteiger charge is -2.28. The van der Waals surface area contributed by atoms with Crippen LogP contribution in [0.25, 0.3) is 0 Å². The highest BCUT2D eigenvalue weighted by atomic mass is 79.9. The molecule has 0 bridgehead atoms. The lowest BCUT2D eigenvalue weighted by molar-refractivity contribution is -0.139. The van der Waals surface area contributed by atoms with Crippen LogP contribution in [0.1, 0.15) is 25.5 Å². The second-order valence-electron chi connectivity index (χ2n) is 4.98. The molecule has 0 spiro atoms. The third-order valence-corrected chi connectivity index (χ3v) is 4.04. The van der Waals surface area contributed by atoms with Gasteiger partial charge < -0.3 is 10.1 Å². The van der Waals surface area contributed by atoms with Gasteiger partial charge in [0, 0.05) is 15.7 Å². The lowest BCUT2D eigenvalue weighted by atomic mass is 9.95. The van der Waals surface area contributed by atoms with E-state index >= 15 is 0 Å². The zero-order valence-corrected chi connectivity index (χ0v) is 14.1. The molecule has 1 aliphatic rings. The smallest absolute Gasteiger partial charge is 0.338 e. The summed E-state index contributed by atoms with van der Waals surface area (Å²) >= 11 is 3.34. The molecule has 1 aromatic heterocycles. The minimum Gasteiger partial charge on any atom is -0.463 e. The minimum absolute atomic E-state index is 0.230. The molecular formula is C15H14BrFN4O2. The van der Waals surface area contributed by atoms with Crippen molar-refractivity contribution in [2.75, 3.05) is 11.9 Å². The van der Waals surface area contributed by atoms with Crippen molar-refractivity contribution in [1.82, 2.24) is 14.8 Å². The van der Waals surface area contributed by atoms with Crippen LogP contribution in [0, 0.1) is 5.82 Å². The number of benzene rings is 1. The number of fused-ring (bicyclic) bond motifs is 1. The highest BCUT2D eigenvalue weighted by molar-refractivity contribution is 9.10. The quantitative estimate of drug-likeness (QED) is 0.828. The van der Waals surface area contributed by atoms with Crippen LogP contribution < -0.4 is 5.32 Å². The van der Waals surface area contributed by atoms with Gasteiger partial charge in [0.25, 0.3) is 0 Å². The predicted molar refractivity (Wildman–Crippen MR) is 85.2 cm³/mol. The molecule has 6 nitrogen and oxygen atoms in total. The predicted octanol–water partition coefficient (Wildman–Crippen LogP) is 3.03. The van der Waals surface area contributed by atoms with Crippen LogP contribution in [-0.4, -0.2) is 27.3 Å². The summed E-state index contributed by atoms with van der Waals surface area (Å²) in [4.78, 5) is 16.5. The molecule has 2 aromatic rings. The maximum absolute atomic E-state index is 14.4. The van der Waals surface area contributed by atoms with Crippen LogP contribution in [0.15, 0.2) is 40.3 Å². The fraction of sp³-hybridized carbons (Fsp3) is 0.267. The van der Waals surface area contributed by atoms with Gasteiger partial charge in [-0.2, -0.15) is 10.1 Å². The Morgan fingerprint density at radius 1 is 1.52 bits per heavy atom. The fourth-order valence-corrected chi connectivity index (χ4v) is 2.95. The van der Waals surface area contributed by atoms with Crippen LogP contribution in [0.2, 0.25) is 0 Å². The van der Waals surface area contributed by atoms with Crippen LogP contribution in [0.5, 0.6) is 0 Å². The van der Waals surface area contributed by atoms with Gasteiger partial charge in [0.1, 0.15) is 18.2 Å². The zero-order valence-electron chi connectivity index (χ0n) is 12.5. The number of anilines is 1. The number of halogens is 2. The number of hydrogen-bond donors (Lipinski definition) is 1. The molecule has 1 atom stereocenters. The second kappa shape index (κ2) is 6.11. The van der Waals surface area contributed by atoms with Crippen LogP contribution >= 0.6 is 15.9 Å². The van der Waals surface area contributed by atoms with Crippen molar-refractivity contribution < 1.29 is 13.9 Å². The van der Waals surface area contributed by atoms with Gasteiger partial charge in [0.15, 0.2) is 0 Å². The van der Waals surface area contributed by atoms with E-state index in [0.29, 0.717) is 27.3 Å². The Labute approximate surface area is 140 Å². The van der Waals surface area contributed by atoms with Crippen LogP contribution in [-0.2, 0) is 9.53 Å². The molecule has 1 aromatic carbocycles. The number of nitrogens with one attached hydrogen (secondary N) is 1. The Hall–Kier alpha value is -2.22. The molecule has 8 heteroatoms. The topological polar surface area (TPSA) is 69.0 Å². The van der Waals surface area contributed by atoms with E-state index < -0.39 is 17.8 Å². The first kappa shape index (κ1) is 15.7. The molecule has 23 heavy (non-hydrogen) atoms. The van der Waals surface area contributed by atoms with E-state index in [9.17, 15) is 9.18 Å². The van der Waals surface area contributed by atoms with Gasteiger partial charge in [-0.1, -0.05) is 15.9 Å². The first-order chi connectivity index (χ1) is 11.0. The van der Waals surface area contributed by atoms with Gasteiger partial charge in [0.2, 0.25) is 5.95 Å². The van der Waals surface area contributed by atoms with E-state index in [-0.39, 0.29) is 6.61 Å². The van der Waals surface area contributed by atoms with Crippen molar-refractivity contribution in [1.29, 1.82) is 0 Å². The van der Waals surface area contributed by atoms with E-state index in [0.717, 1.165) is 0 Å². The summed E-state index contributed by atoms with van der Waals surface area (Å²) in [6, 6.07) is 3.83. The molecule has 0 unspecified atom stereocenters. The molecule has 3 rings (SSSR count). The largest absolute Gasteiger partial charge is 0.463 e. The van der Waals surface area contributed by atoms with Crippen molar-refractivity contribution in [3.63, 3.8) is 0 Å². The second-order valence-corrected chi connectivity index (χ2v) is 5.90. The first-order valence-corrected chi connectivity index (χ1v) is 7.81. The summed E-state index contributed by atoms with van der Waals surface area (Å²) in [5, 5.41) is 7.13. The molecule has 120 valence electrons. The molecule has 0 amide bonds. The maximum Gasteiger partial charge on any atom is 0.338 e. The number of carbonyl (C=O) groups excluding carboxylic acids is 1. The number of ether oxygens (including phenoxy) is 1. The minimum atomic E-state index is -0.745. The molecule has 0 saturated carbocycles. The van der Waals surface area contributed by atoms with Gasteiger partial charge in [-0.3, -0.25) is 0 Å². The van der Waals surface area contributed by atoms with Crippen molar-refractivity contribution in [2.24, 2.45) is 0 Å². The van der Waals surface area contributed by atoms with E-state index in [1.165, 1.54) is 17.1 Å². The number of allylic oxidation sites excluding steroid dienone is 1. The molecule has 0 radical (unpaired) electrons. The summed E-state index contributed by atoms with van der Waals surface area (Å²) in [7, 11) is 0. The normalized spacial score (nSPS) is 16.8. The molecule has 0 fully saturated rings. The molecule has 1 N–H and O–H groups in total. The SMILES string of the molecule is CCOC(=O)C1=C(C)Nc2ncnn2[C@H]1c1cc(Br)ccc1F. The Morgan fingerprint density at radius 2 is 2.30 bits per heavy atom. The van der Waals surface area contributed by atoms with Crippen LogP contribution in [0.3, 0.4) is 0 Å². The Bertz CT molecular complexity index is 803. The Balaban J connectivity index is 2.20. The number of esters is 1. The highest BCUT2D eigenvalue weighted by Gasteiger charge is 2.35. The van der Waals surface area contributed by atoms with E-state index in [4.69, 9.17) is 4.74 Å². The lowest BCUT2D eigenvalue weighted by Crippen LogP contribution is -2.30. The third kappa shape index (κ3) is 2.74. The number of hydrogen-bond acceptors (Lipinski definition) is 5. The van der Waals surface area contributed by atoms with Gasteiger partial charge in [-0.05, 0) is 32.0 Å². The average molecular weight is 381 g/mol. The zero-order chi connectivity index (χ0) is 16.6. The summed E-state index contributed by atoms with van der Waals surface area (Å²) in [5.41, 5.74) is 1.19. The average Bonchev–Trinajstić information content (AvgIpc) is 2.96. The van der Waals surface area contributed by atoms with Crippen molar-refractivity contribution in [3.05, 3.63) is 51.6 Å². The number of rotatable bonds is 3. The van der Waals surface area contributed by atoms with E-state index in [1.54, 1.807) is 26.0 Å². The Kier molecular flexibility index (Phi) is 4.16. The van der Waals surface area contributed by atoms with Crippen LogP contribution in [0.4, 0.5) is 10.3 Å². The molecule has 0 saturated heterocycles. The van der Waals surface area contributed by atoms with Crippen molar-refractivity contribution in [2.45, 2.75) is 19.9 Å². The number of nitrogens with zero attached hydrogens (tertiary/aromatic N) is 3. The van der Waals surface area contributed by atoms with Gasteiger partial charge in [-0.25, -0.2) is 13.9 Å². The number of carbonyl (C=O) groups is 1. The molecule has 1 aliphatic heterocycles. The summed E-state index contributed by atoms with van der Waals surface area (Å²) in [6.45, 7) is 3.68. The molecule has 2 heterocycles. The first-order valence-electron chi connectivity index (χ1n) is 7.02. The van der Waals surface area contributed by atoms with Gasteiger partial charge in [0.05, 0.1) is 12.2 Å².